The number of alkyl halides is 3. The van der Waals surface area contributed by atoms with Gasteiger partial charge in [0.05, 0.1) is 5.56 Å². The summed E-state index contributed by atoms with van der Waals surface area (Å²) in [5.41, 5.74) is 1.22. The minimum atomic E-state index is -4.27. The SMILES string of the molecule is Cl.FC(F)(F)c1ccccc1CNCCC1=CCCCC1. The second-order valence-electron chi connectivity index (χ2n) is 5.19. The highest BCUT2D eigenvalue weighted by atomic mass is 35.5. The van der Waals surface area contributed by atoms with E-state index < -0.39 is 11.7 Å². The Hall–Kier alpha value is -1.00. The van der Waals surface area contributed by atoms with Crippen LogP contribution in [0.5, 0.6) is 0 Å². The lowest BCUT2D eigenvalue weighted by molar-refractivity contribution is -0.138. The van der Waals surface area contributed by atoms with Crippen molar-refractivity contribution in [2.75, 3.05) is 6.54 Å². The second-order valence-corrected chi connectivity index (χ2v) is 5.19. The Balaban J connectivity index is 0.00000220. The summed E-state index contributed by atoms with van der Waals surface area (Å²) in [5.74, 6) is 0. The topological polar surface area (TPSA) is 12.0 Å². The maximum Gasteiger partial charge on any atom is 0.416 e. The minimum absolute atomic E-state index is 0. The standard InChI is InChI=1S/C16H20F3N.ClH/c17-16(18,19)15-9-5-4-8-14(15)12-20-11-10-13-6-2-1-3-7-13;/h4-6,8-9,20H,1-3,7,10-12H2;1H. The van der Waals surface area contributed by atoms with Gasteiger partial charge in [0.1, 0.15) is 0 Å². The molecule has 0 unspecified atom stereocenters. The van der Waals surface area contributed by atoms with Gasteiger partial charge in [0.15, 0.2) is 0 Å². The van der Waals surface area contributed by atoms with Crippen LogP contribution in [-0.4, -0.2) is 6.54 Å². The van der Waals surface area contributed by atoms with Crippen molar-refractivity contribution >= 4 is 12.4 Å². The van der Waals surface area contributed by atoms with Gasteiger partial charge in [-0.15, -0.1) is 12.4 Å². The van der Waals surface area contributed by atoms with Crippen LogP contribution in [-0.2, 0) is 12.7 Å². The first kappa shape index (κ1) is 18.1. The van der Waals surface area contributed by atoms with Crippen LogP contribution in [0.2, 0.25) is 0 Å². The lowest BCUT2D eigenvalue weighted by Crippen LogP contribution is -2.19. The van der Waals surface area contributed by atoms with E-state index in [4.69, 9.17) is 0 Å². The molecule has 0 saturated carbocycles. The minimum Gasteiger partial charge on any atom is -0.312 e. The molecular formula is C16H21ClF3N. The average Bonchev–Trinajstić information content (AvgIpc) is 2.44. The van der Waals surface area contributed by atoms with Crippen LogP contribution >= 0.6 is 12.4 Å². The van der Waals surface area contributed by atoms with Crippen molar-refractivity contribution in [1.29, 1.82) is 0 Å². The number of hydrogen-bond donors (Lipinski definition) is 1. The summed E-state index contributed by atoms with van der Waals surface area (Å²) in [6.45, 7) is 1.00. The Kier molecular flexibility index (Phi) is 7.26. The average molecular weight is 320 g/mol. The lowest BCUT2D eigenvalue weighted by Gasteiger charge is -2.15. The van der Waals surface area contributed by atoms with Gasteiger partial charge in [-0.25, -0.2) is 0 Å². The van der Waals surface area contributed by atoms with E-state index in [0.717, 1.165) is 31.9 Å². The lowest BCUT2D eigenvalue weighted by atomic mass is 9.97. The fraction of sp³-hybridized carbons (Fsp3) is 0.500. The number of hydrogen-bond acceptors (Lipinski definition) is 1. The second kappa shape index (κ2) is 8.44. The Morgan fingerprint density at radius 3 is 2.52 bits per heavy atom. The Morgan fingerprint density at radius 2 is 1.86 bits per heavy atom. The van der Waals surface area contributed by atoms with Gasteiger partial charge in [-0.2, -0.15) is 13.2 Å². The maximum absolute atomic E-state index is 12.8. The highest BCUT2D eigenvalue weighted by Crippen LogP contribution is 2.31. The van der Waals surface area contributed by atoms with E-state index in [0.29, 0.717) is 5.56 Å². The summed E-state index contributed by atoms with van der Waals surface area (Å²) in [7, 11) is 0. The normalized spacial score (nSPS) is 15.3. The fourth-order valence-electron chi connectivity index (χ4n) is 2.55. The van der Waals surface area contributed by atoms with Gasteiger partial charge in [-0.1, -0.05) is 29.8 Å². The smallest absolute Gasteiger partial charge is 0.312 e. The largest absolute Gasteiger partial charge is 0.416 e. The number of benzene rings is 1. The van der Waals surface area contributed by atoms with E-state index in [1.165, 1.54) is 30.5 Å². The number of halogens is 4. The number of rotatable bonds is 5. The predicted molar refractivity (Wildman–Crippen MR) is 81.6 cm³/mol. The van der Waals surface area contributed by atoms with E-state index in [2.05, 4.69) is 11.4 Å². The van der Waals surface area contributed by atoms with Gasteiger partial charge < -0.3 is 5.32 Å². The van der Waals surface area contributed by atoms with Crippen molar-refractivity contribution in [3.8, 4) is 0 Å². The zero-order valence-corrected chi connectivity index (χ0v) is 12.7. The Bertz CT molecular complexity index is 469. The molecule has 0 spiro atoms. The molecule has 0 radical (unpaired) electrons. The molecule has 0 bridgehead atoms. The summed E-state index contributed by atoms with van der Waals surface area (Å²) < 4.78 is 38.4. The maximum atomic E-state index is 12.8. The molecule has 0 atom stereocenters. The van der Waals surface area contributed by atoms with Gasteiger partial charge in [-0.3, -0.25) is 0 Å². The molecule has 0 fully saturated rings. The monoisotopic (exact) mass is 319 g/mol. The van der Waals surface area contributed by atoms with Gasteiger partial charge >= 0.3 is 6.18 Å². The predicted octanol–water partition coefficient (Wildman–Crippen LogP) is 5.11. The molecule has 2 rings (SSSR count). The van der Waals surface area contributed by atoms with E-state index in [1.54, 1.807) is 6.07 Å². The molecule has 0 aliphatic heterocycles. The van der Waals surface area contributed by atoms with Crippen molar-refractivity contribution < 1.29 is 13.2 Å². The summed E-state index contributed by atoms with van der Waals surface area (Å²) in [6, 6.07) is 5.76. The molecule has 0 amide bonds. The Morgan fingerprint density at radius 1 is 1.10 bits per heavy atom. The van der Waals surface area contributed by atoms with E-state index in [-0.39, 0.29) is 19.0 Å². The van der Waals surface area contributed by atoms with Crippen LogP contribution < -0.4 is 5.32 Å². The summed E-state index contributed by atoms with van der Waals surface area (Å²) in [4.78, 5) is 0. The molecule has 1 aliphatic carbocycles. The zero-order valence-electron chi connectivity index (χ0n) is 11.9. The third kappa shape index (κ3) is 5.71. The summed E-state index contributed by atoms with van der Waals surface area (Å²) in [6.07, 6.45) is 3.72. The van der Waals surface area contributed by atoms with E-state index in [1.807, 2.05) is 0 Å². The number of nitrogens with one attached hydrogen (secondary N) is 1. The first-order valence-corrected chi connectivity index (χ1v) is 7.11. The molecule has 1 nitrogen and oxygen atoms in total. The molecule has 118 valence electrons. The van der Waals surface area contributed by atoms with Gasteiger partial charge in [0.25, 0.3) is 0 Å². The molecule has 21 heavy (non-hydrogen) atoms. The summed E-state index contributed by atoms with van der Waals surface area (Å²) >= 11 is 0. The third-order valence-electron chi connectivity index (χ3n) is 3.65. The zero-order chi connectivity index (χ0) is 14.4. The van der Waals surface area contributed by atoms with Crippen molar-refractivity contribution in [3.05, 3.63) is 47.0 Å². The summed E-state index contributed by atoms with van der Waals surface area (Å²) in [5, 5.41) is 3.12. The van der Waals surface area contributed by atoms with E-state index in [9.17, 15) is 13.2 Å². The number of allylic oxidation sites excluding steroid dienone is 1. The van der Waals surface area contributed by atoms with Crippen molar-refractivity contribution in [1.82, 2.24) is 5.32 Å². The molecule has 5 heteroatoms. The van der Waals surface area contributed by atoms with Crippen LogP contribution in [0.4, 0.5) is 13.2 Å². The Labute approximate surface area is 130 Å². The highest BCUT2D eigenvalue weighted by molar-refractivity contribution is 5.85. The van der Waals surface area contributed by atoms with Crippen molar-refractivity contribution in [2.45, 2.75) is 44.8 Å². The van der Waals surface area contributed by atoms with E-state index >= 15 is 0 Å². The molecule has 1 aromatic rings. The van der Waals surface area contributed by atoms with Crippen LogP contribution in [0.15, 0.2) is 35.9 Å². The van der Waals surface area contributed by atoms with Crippen LogP contribution in [0, 0.1) is 0 Å². The molecule has 0 heterocycles. The molecule has 0 aromatic heterocycles. The van der Waals surface area contributed by atoms with Crippen molar-refractivity contribution in [2.24, 2.45) is 0 Å². The third-order valence-corrected chi connectivity index (χ3v) is 3.65. The molecule has 1 N–H and O–H groups in total. The van der Waals surface area contributed by atoms with Gasteiger partial charge in [-0.05, 0) is 50.3 Å². The first-order chi connectivity index (χ1) is 9.57. The highest BCUT2D eigenvalue weighted by Gasteiger charge is 2.32. The first-order valence-electron chi connectivity index (χ1n) is 7.11. The molecule has 1 aliphatic rings. The molecule has 1 aromatic carbocycles. The van der Waals surface area contributed by atoms with Crippen LogP contribution in [0.25, 0.3) is 0 Å². The van der Waals surface area contributed by atoms with Gasteiger partial charge in [0.2, 0.25) is 0 Å². The quantitative estimate of drug-likeness (QED) is 0.587. The van der Waals surface area contributed by atoms with Crippen LogP contribution in [0.1, 0.15) is 43.2 Å². The molecule has 0 saturated heterocycles. The van der Waals surface area contributed by atoms with Crippen LogP contribution in [0.3, 0.4) is 0 Å². The fourth-order valence-corrected chi connectivity index (χ4v) is 2.55. The van der Waals surface area contributed by atoms with Gasteiger partial charge in [0, 0.05) is 6.54 Å². The molecular weight excluding hydrogens is 299 g/mol. The van der Waals surface area contributed by atoms with Crippen molar-refractivity contribution in [3.63, 3.8) is 0 Å².